The second kappa shape index (κ2) is 6.33. The Morgan fingerprint density at radius 1 is 1.37 bits per heavy atom. The van der Waals surface area contributed by atoms with Gasteiger partial charge in [0.05, 0.1) is 0 Å². The standard InChI is InChI=1S/C12H20N6O/c1-10(11(13)16-19)9-17-5-7-18(8-6-17)12-14-3-2-4-15-12/h2-4,10,19H,5-9H2,1H3,(H2,13,16). The van der Waals surface area contributed by atoms with Crippen LogP contribution in [0.4, 0.5) is 5.95 Å². The molecule has 1 aromatic heterocycles. The number of nitrogens with zero attached hydrogens (tertiary/aromatic N) is 5. The molecule has 0 spiro atoms. The van der Waals surface area contributed by atoms with Crippen molar-refractivity contribution >= 4 is 11.8 Å². The summed E-state index contributed by atoms with van der Waals surface area (Å²) in [5, 5.41) is 11.7. The van der Waals surface area contributed by atoms with E-state index in [1.54, 1.807) is 12.4 Å². The number of oxime groups is 1. The van der Waals surface area contributed by atoms with Crippen molar-refractivity contribution in [3.63, 3.8) is 0 Å². The predicted octanol–water partition coefficient (Wildman–Crippen LogP) is -0.0189. The molecular formula is C12H20N6O. The molecule has 0 bridgehead atoms. The number of nitrogens with two attached hydrogens (primary N) is 1. The summed E-state index contributed by atoms with van der Waals surface area (Å²) < 4.78 is 0. The maximum atomic E-state index is 8.65. The molecule has 0 radical (unpaired) electrons. The molecular weight excluding hydrogens is 244 g/mol. The van der Waals surface area contributed by atoms with Crippen molar-refractivity contribution in [2.45, 2.75) is 6.92 Å². The Labute approximate surface area is 112 Å². The molecule has 0 amide bonds. The molecule has 2 rings (SSSR count). The monoisotopic (exact) mass is 264 g/mol. The van der Waals surface area contributed by atoms with E-state index in [4.69, 9.17) is 10.9 Å². The van der Waals surface area contributed by atoms with Gasteiger partial charge in [-0.05, 0) is 6.07 Å². The van der Waals surface area contributed by atoms with Crippen LogP contribution < -0.4 is 10.6 Å². The van der Waals surface area contributed by atoms with Crippen LogP contribution in [0.15, 0.2) is 23.6 Å². The minimum absolute atomic E-state index is 0.0597. The lowest BCUT2D eigenvalue weighted by Gasteiger charge is -2.35. The van der Waals surface area contributed by atoms with Gasteiger partial charge in [0.1, 0.15) is 5.84 Å². The van der Waals surface area contributed by atoms with Crippen molar-refractivity contribution in [1.82, 2.24) is 14.9 Å². The van der Waals surface area contributed by atoms with Gasteiger partial charge in [-0.3, -0.25) is 4.90 Å². The first-order valence-electron chi connectivity index (χ1n) is 6.42. The van der Waals surface area contributed by atoms with Gasteiger partial charge in [-0.2, -0.15) is 0 Å². The molecule has 7 nitrogen and oxygen atoms in total. The first-order valence-corrected chi connectivity index (χ1v) is 6.42. The van der Waals surface area contributed by atoms with E-state index < -0.39 is 0 Å². The third-order valence-corrected chi connectivity index (χ3v) is 3.36. The summed E-state index contributed by atoms with van der Waals surface area (Å²) in [5.74, 6) is 1.13. The normalized spacial score (nSPS) is 19.4. The van der Waals surface area contributed by atoms with Crippen molar-refractivity contribution in [1.29, 1.82) is 0 Å². The number of piperazine rings is 1. The minimum atomic E-state index is 0.0597. The van der Waals surface area contributed by atoms with Gasteiger partial charge in [0, 0.05) is 51.0 Å². The highest BCUT2D eigenvalue weighted by Crippen LogP contribution is 2.11. The van der Waals surface area contributed by atoms with Gasteiger partial charge in [0.25, 0.3) is 0 Å². The fourth-order valence-electron chi connectivity index (χ4n) is 2.16. The summed E-state index contributed by atoms with van der Waals surface area (Å²) in [7, 11) is 0. The topological polar surface area (TPSA) is 90.9 Å². The second-order valence-electron chi connectivity index (χ2n) is 4.76. The van der Waals surface area contributed by atoms with Crippen LogP contribution in [0.1, 0.15) is 6.92 Å². The quantitative estimate of drug-likeness (QED) is 0.344. The van der Waals surface area contributed by atoms with Crippen LogP contribution in [-0.2, 0) is 0 Å². The molecule has 1 saturated heterocycles. The van der Waals surface area contributed by atoms with Crippen LogP contribution in [0.5, 0.6) is 0 Å². The predicted molar refractivity (Wildman–Crippen MR) is 73.3 cm³/mol. The first kappa shape index (κ1) is 13.5. The summed E-state index contributed by atoms with van der Waals surface area (Å²) in [4.78, 5) is 13.0. The van der Waals surface area contributed by atoms with Crippen LogP contribution in [0, 0.1) is 5.92 Å². The Morgan fingerprint density at radius 3 is 2.58 bits per heavy atom. The van der Waals surface area contributed by atoms with E-state index in [9.17, 15) is 0 Å². The van der Waals surface area contributed by atoms with Gasteiger partial charge >= 0.3 is 0 Å². The molecule has 1 fully saturated rings. The van der Waals surface area contributed by atoms with Gasteiger partial charge in [-0.25, -0.2) is 9.97 Å². The molecule has 19 heavy (non-hydrogen) atoms. The third-order valence-electron chi connectivity index (χ3n) is 3.36. The Hall–Kier alpha value is -1.89. The summed E-state index contributed by atoms with van der Waals surface area (Å²) >= 11 is 0. The summed E-state index contributed by atoms with van der Waals surface area (Å²) in [6, 6.07) is 1.82. The molecule has 0 aliphatic carbocycles. The lowest BCUT2D eigenvalue weighted by Crippen LogP contribution is -2.49. The fraction of sp³-hybridized carbons (Fsp3) is 0.583. The zero-order valence-corrected chi connectivity index (χ0v) is 11.1. The van der Waals surface area contributed by atoms with Crippen LogP contribution in [-0.4, -0.2) is 58.6 Å². The van der Waals surface area contributed by atoms with Crippen molar-refractivity contribution in [2.24, 2.45) is 16.8 Å². The van der Waals surface area contributed by atoms with Crippen molar-refractivity contribution in [3.05, 3.63) is 18.5 Å². The Bertz CT molecular complexity index is 415. The Morgan fingerprint density at radius 2 is 2.00 bits per heavy atom. The molecule has 1 atom stereocenters. The first-order chi connectivity index (χ1) is 9.20. The Balaban J connectivity index is 1.83. The third kappa shape index (κ3) is 3.54. The van der Waals surface area contributed by atoms with Gasteiger partial charge in [-0.1, -0.05) is 12.1 Å². The average molecular weight is 264 g/mol. The summed E-state index contributed by atoms with van der Waals surface area (Å²) in [6.07, 6.45) is 3.52. The summed E-state index contributed by atoms with van der Waals surface area (Å²) in [5.41, 5.74) is 5.59. The number of hydrogen-bond donors (Lipinski definition) is 2. The van der Waals surface area contributed by atoms with E-state index in [1.165, 1.54) is 0 Å². The van der Waals surface area contributed by atoms with Gasteiger partial charge in [0.2, 0.25) is 5.95 Å². The van der Waals surface area contributed by atoms with Crippen LogP contribution in [0.3, 0.4) is 0 Å². The van der Waals surface area contributed by atoms with Crippen molar-refractivity contribution < 1.29 is 5.21 Å². The van der Waals surface area contributed by atoms with E-state index in [0.29, 0.717) is 0 Å². The van der Waals surface area contributed by atoms with Gasteiger partial charge in [0.15, 0.2) is 0 Å². The zero-order chi connectivity index (χ0) is 13.7. The van der Waals surface area contributed by atoms with Crippen LogP contribution in [0.25, 0.3) is 0 Å². The number of hydrogen-bond acceptors (Lipinski definition) is 6. The SMILES string of the molecule is CC(CN1CCN(c2ncccn2)CC1)/C(N)=N/O. The highest BCUT2D eigenvalue weighted by atomic mass is 16.4. The maximum absolute atomic E-state index is 8.65. The maximum Gasteiger partial charge on any atom is 0.225 e. The van der Waals surface area contributed by atoms with E-state index in [1.807, 2.05) is 13.0 Å². The smallest absolute Gasteiger partial charge is 0.225 e. The molecule has 1 unspecified atom stereocenters. The van der Waals surface area contributed by atoms with Gasteiger partial charge < -0.3 is 15.8 Å². The molecule has 3 N–H and O–H groups in total. The molecule has 1 aliphatic heterocycles. The summed E-state index contributed by atoms with van der Waals surface area (Å²) in [6.45, 7) is 6.42. The molecule has 1 aliphatic rings. The molecule has 1 aromatic rings. The second-order valence-corrected chi connectivity index (χ2v) is 4.76. The number of amidine groups is 1. The fourth-order valence-corrected chi connectivity index (χ4v) is 2.16. The number of aromatic nitrogens is 2. The van der Waals surface area contributed by atoms with E-state index in [-0.39, 0.29) is 11.8 Å². The van der Waals surface area contributed by atoms with Crippen LogP contribution in [0.2, 0.25) is 0 Å². The highest BCUT2D eigenvalue weighted by molar-refractivity contribution is 5.82. The molecule has 0 aromatic carbocycles. The zero-order valence-electron chi connectivity index (χ0n) is 11.1. The molecule has 7 heteroatoms. The molecule has 104 valence electrons. The van der Waals surface area contributed by atoms with Crippen molar-refractivity contribution in [2.75, 3.05) is 37.6 Å². The highest BCUT2D eigenvalue weighted by Gasteiger charge is 2.21. The van der Waals surface area contributed by atoms with E-state index >= 15 is 0 Å². The molecule has 2 heterocycles. The number of anilines is 1. The van der Waals surface area contributed by atoms with Crippen molar-refractivity contribution in [3.8, 4) is 0 Å². The lowest BCUT2D eigenvalue weighted by molar-refractivity contribution is 0.239. The average Bonchev–Trinajstić information content (AvgIpc) is 2.48. The van der Waals surface area contributed by atoms with Gasteiger partial charge in [-0.15, -0.1) is 0 Å². The molecule has 0 saturated carbocycles. The Kier molecular flexibility index (Phi) is 4.51. The van der Waals surface area contributed by atoms with Crippen LogP contribution >= 0.6 is 0 Å². The lowest BCUT2D eigenvalue weighted by atomic mass is 10.1. The van der Waals surface area contributed by atoms with E-state index in [0.717, 1.165) is 38.7 Å². The van der Waals surface area contributed by atoms with E-state index in [2.05, 4.69) is 24.9 Å². The number of rotatable bonds is 4. The minimum Gasteiger partial charge on any atom is -0.409 e. The largest absolute Gasteiger partial charge is 0.409 e.